The van der Waals surface area contributed by atoms with Crippen molar-refractivity contribution in [1.82, 2.24) is 10.5 Å². The Labute approximate surface area is 69.9 Å². The maximum atomic E-state index is 11.1. The molecule has 1 atom stereocenters. The number of aromatic nitrogens is 1. The Bertz CT molecular complexity index is 296. The molecule has 0 aliphatic carbocycles. The van der Waals surface area contributed by atoms with Crippen LogP contribution in [0.2, 0.25) is 0 Å². The number of hydrogen-bond donors (Lipinski definition) is 2. The summed E-state index contributed by atoms with van der Waals surface area (Å²) in [6.07, 6.45) is 5.06. The maximum Gasteiger partial charge on any atom is 0.361 e. The third-order valence-electron chi connectivity index (χ3n) is 2.29. The summed E-state index contributed by atoms with van der Waals surface area (Å²) >= 11 is 0. The largest absolute Gasteiger partial charge is 0.361 e. The van der Waals surface area contributed by atoms with E-state index in [1.165, 1.54) is 12.8 Å². The topological polar surface area (TPSA) is 58.0 Å². The van der Waals surface area contributed by atoms with Crippen LogP contribution in [0.3, 0.4) is 0 Å². The van der Waals surface area contributed by atoms with E-state index in [2.05, 4.69) is 15.0 Å². The third-order valence-corrected chi connectivity index (χ3v) is 2.29. The van der Waals surface area contributed by atoms with E-state index in [1.807, 2.05) is 0 Å². The molecule has 12 heavy (non-hydrogen) atoms. The molecule has 1 saturated heterocycles. The van der Waals surface area contributed by atoms with Crippen LogP contribution in [0.25, 0.3) is 0 Å². The van der Waals surface area contributed by atoms with Gasteiger partial charge < -0.3 is 9.84 Å². The van der Waals surface area contributed by atoms with Gasteiger partial charge in [0.2, 0.25) is 0 Å². The van der Waals surface area contributed by atoms with Crippen LogP contribution in [0.5, 0.6) is 0 Å². The minimum Gasteiger partial charge on any atom is -0.339 e. The van der Waals surface area contributed by atoms with Crippen molar-refractivity contribution in [3.63, 3.8) is 0 Å². The molecule has 0 amide bonds. The molecule has 0 bridgehead atoms. The Balaban J connectivity index is 2.18. The lowest BCUT2D eigenvalue weighted by Gasteiger charge is -2.20. The quantitative estimate of drug-likeness (QED) is 0.651. The molecule has 4 nitrogen and oxygen atoms in total. The molecule has 1 aliphatic heterocycles. The van der Waals surface area contributed by atoms with Gasteiger partial charge in [-0.15, -0.1) is 0 Å². The summed E-state index contributed by atoms with van der Waals surface area (Å²) in [6, 6.07) is 0.196. The zero-order valence-corrected chi connectivity index (χ0v) is 6.80. The fourth-order valence-corrected chi connectivity index (χ4v) is 1.62. The predicted octanol–water partition coefficient (Wildman–Crippen LogP) is 0.782. The molecule has 1 unspecified atom stereocenters. The summed E-state index contributed by atoms with van der Waals surface area (Å²) in [4.78, 5) is 11.1. The average Bonchev–Trinajstić information content (AvgIpc) is 2.53. The monoisotopic (exact) mass is 168 g/mol. The summed E-state index contributed by atoms with van der Waals surface area (Å²) in [6.45, 7) is 0.995. The van der Waals surface area contributed by atoms with Gasteiger partial charge >= 0.3 is 5.63 Å². The van der Waals surface area contributed by atoms with Crippen LogP contribution in [-0.4, -0.2) is 11.7 Å². The normalized spacial score (nSPS) is 24.2. The van der Waals surface area contributed by atoms with E-state index in [-0.39, 0.29) is 11.7 Å². The van der Waals surface area contributed by atoms with Gasteiger partial charge in [0.05, 0.1) is 5.56 Å². The van der Waals surface area contributed by atoms with Gasteiger partial charge in [-0.25, -0.2) is 9.95 Å². The Morgan fingerprint density at radius 2 is 2.42 bits per heavy atom. The van der Waals surface area contributed by atoms with Gasteiger partial charge in [0, 0.05) is 12.2 Å². The highest BCUT2D eigenvalue weighted by Gasteiger charge is 2.18. The predicted molar refractivity (Wildman–Crippen MR) is 43.9 cm³/mol. The minimum absolute atomic E-state index is 0.196. The van der Waals surface area contributed by atoms with Gasteiger partial charge in [0.25, 0.3) is 0 Å². The Kier molecular flexibility index (Phi) is 1.99. The number of aromatic amines is 1. The second-order valence-corrected chi connectivity index (χ2v) is 3.11. The van der Waals surface area contributed by atoms with Crippen LogP contribution in [0.15, 0.2) is 15.5 Å². The standard InChI is InChI=1S/C8H12N2O2/c11-8-6(5-10-12-8)7-3-1-2-4-9-7/h5,7,9-10H,1-4H2. The first-order valence-electron chi connectivity index (χ1n) is 4.28. The van der Waals surface area contributed by atoms with Gasteiger partial charge in [-0.3, -0.25) is 0 Å². The number of hydrogen-bond acceptors (Lipinski definition) is 3. The van der Waals surface area contributed by atoms with Crippen molar-refractivity contribution in [3.8, 4) is 0 Å². The second-order valence-electron chi connectivity index (χ2n) is 3.11. The average molecular weight is 168 g/mol. The highest BCUT2D eigenvalue weighted by molar-refractivity contribution is 5.08. The van der Waals surface area contributed by atoms with E-state index in [9.17, 15) is 4.79 Å². The van der Waals surface area contributed by atoms with Crippen molar-refractivity contribution in [3.05, 3.63) is 22.2 Å². The summed E-state index contributed by atoms with van der Waals surface area (Å²) in [5.41, 5.74) is 0.490. The first-order chi connectivity index (χ1) is 5.88. The fourth-order valence-electron chi connectivity index (χ4n) is 1.62. The van der Waals surface area contributed by atoms with Crippen LogP contribution in [-0.2, 0) is 0 Å². The molecule has 2 heterocycles. The zero-order valence-electron chi connectivity index (χ0n) is 6.80. The summed E-state index contributed by atoms with van der Waals surface area (Å²) < 4.78 is 4.60. The number of rotatable bonds is 1. The molecule has 66 valence electrons. The number of H-pyrrole nitrogens is 1. The van der Waals surface area contributed by atoms with E-state index in [0.29, 0.717) is 0 Å². The molecule has 0 spiro atoms. The van der Waals surface area contributed by atoms with Crippen LogP contribution in [0, 0.1) is 0 Å². The number of nitrogens with one attached hydrogen (secondary N) is 2. The molecule has 1 aliphatic rings. The lowest BCUT2D eigenvalue weighted by molar-refractivity contribution is 0.376. The maximum absolute atomic E-state index is 11.1. The van der Waals surface area contributed by atoms with Gasteiger partial charge in [-0.2, -0.15) is 0 Å². The Morgan fingerprint density at radius 3 is 3.00 bits per heavy atom. The van der Waals surface area contributed by atoms with Crippen molar-refractivity contribution < 1.29 is 4.52 Å². The molecule has 0 saturated carbocycles. The fraction of sp³-hybridized carbons (Fsp3) is 0.625. The van der Waals surface area contributed by atoms with Crippen molar-refractivity contribution >= 4 is 0 Å². The molecule has 2 rings (SSSR count). The smallest absolute Gasteiger partial charge is 0.339 e. The van der Waals surface area contributed by atoms with Gasteiger partial charge in [0.15, 0.2) is 0 Å². The molecule has 0 aromatic carbocycles. The van der Waals surface area contributed by atoms with E-state index in [1.54, 1.807) is 6.20 Å². The second kappa shape index (κ2) is 3.15. The minimum atomic E-state index is -0.241. The molecular weight excluding hydrogens is 156 g/mol. The first-order valence-corrected chi connectivity index (χ1v) is 4.28. The van der Waals surface area contributed by atoms with E-state index in [0.717, 1.165) is 18.5 Å². The summed E-state index contributed by atoms with van der Waals surface area (Å²) in [7, 11) is 0. The Hall–Kier alpha value is -1.03. The van der Waals surface area contributed by atoms with Crippen molar-refractivity contribution in [1.29, 1.82) is 0 Å². The summed E-state index contributed by atoms with van der Waals surface area (Å²) in [5, 5.41) is 5.75. The van der Waals surface area contributed by atoms with E-state index in [4.69, 9.17) is 0 Å². The molecule has 1 fully saturated rings. The highest BCUT2D eigenvalue weighted by Crippen LogP contribution is 2.19. The number of piperidine rings is 1. The summed E-state index contributed by atoms with van der Waals surface area (Å²) in [5.74, 6) is 0. The van der Waals surface area contributed by atoms with Gasteiger partial charge in [-0.1, -0.05) is 6.42 Å². The molecule has 4 heteroatoms. The molecule has 2 N–H and O–H groups in total. The lowest BCUT2D eigenvalue weighted by Crippen LogP contribution is -2.29. The van der Waals surface area contributed by atoms with E-state index >= 15 is 0 Å². The Morgan fingerprint density at radius 1 is 1.50 bits per heavy atom. The molecule has 0 radical (unpaired) electrons. The van der Waals surface area contributed by atoms with Crippen LogP contribution in [0.4, 0.5) is 0 Å². The molecule has 1 aromatic rings. The molecular formula is C8H12N2O2. The lowest BCUT2D eigenvalue weighted by atomic mass is 10.0. The molecule has 1 aromatic heterocycles. The van der Waals surface area contributed by atoms with Crippen molar-refractivity contribution in [2.24, 2.45) is 0 Å². The van der Waals surface area contributed by atoms with E-state index < -0.39 is 0 Å². The third kappa shape index (κ3) is 1.30. The van der Waals surface area contributed by atoms with Crippen molar-refractivity contribution in [2.45, 2.75) is 25.3 Å². The first kappa shape index (κ1) is 7.61. The van der Waals surface area contributed by atoms with Gasteiger partial charge in [0.1, 0.15) is 0 Å². The highest BCUT2D eigenvalue weighted by atomic mass is 16.5. The van der Waals surface area contributed by atoms with Crippen LogP contribution < -0.4 is 10.9 Å². The van der Waals surface area contributed by atoms with Crippen LogP contribution in [0.1, 0.15) is 30.9 Å². The van der Waals surface area contributed by atoms with Gasteiger partial charge in [-0.05, 0) is 19.4 Å². The van der Waals surface area contributed by atoms with Crippen LogP contribution >= 0.6 is 0 Å². The zero-order chi connectivity index (χ0) is 8.39. The van der Waals surface area contributed by atoms with Crippen molar-refractivity contribution in [2.75, 3.05) is 6.54 Å². The SMILES string of the molecule is O=c1o[nH]cc1C1CCCCN1.